The van der Waals surface area contributed by atoms with Crippen LogP contribution in [0.5, 0.6) is 0 Å². The molecule has 0 spiro atoms. The Balaban J connectivity index is 2.07. The van der Waals surface area contributed by atoms with E-state index in [1.54, 1.807) is 14.1 Å². The molecule has 128 valence electrons. The van der Waals surface area contributed by atoms with Crippen molar-refractivity contribution in [3.8, 4) is 10.6 Å². The van der Waals surface area contributed by atoms with Gasteiger partial charge in [0.15, 0.2) is 0 Å². The highest BCUT2D eigenvalue weighted by molar-refractivity contribution is 7.18. The van der Waals surface area contributed by atoms with Crippen molar-refractivity contribution in [2.24, 2.45) is 5.92 Å². The van der Waals surface area contributed by atoms with E-state index in [1.165, 1.54) is 16.2 Å². The van der Waals surface area contributed by atoms with E-state index in [9.17, 15) is 9.59 Å². The van der Waals surface area contributed by atoms with Crippen molar-refractivity contribution in [2.75, 3.05) is 19.4 Å². The lowest BCUT2D eigenvalue weighted by atomic mass is 10.0. The van der Waals surface area contributed by atoms with Crippen molar-refractivity contribution in [1.29, 1.82) is 0 Å². The fourth-order valence-electron chi connectivity index (χ4n) is 1.95. The Labute approximate surface area is 145 Å². The SMILES string of the molecule is CC(C)C(NC(=O)N(C)C)C(=O)Nc1nnc(-c2ccccc2)s1. The van der Waals surface area contributed by atoms with Gasteiger partial charge in [-0.1, -0.05) is 55.5 Å². The number of hydrogen-bond acceptors (Lipinski definition) is 5. The molecule has 0 aliphatic carbocycles. The second kappa shape index (κ2) is 7.87. The van der Waals surface area contributed by atoms with E-state index in [2.05, 4.69) is 20.8 Å². The molecular formula is C16H21N5O2S. The van der Waals surface area contributed by atoms with E-state index in [0.29, 0.717) is 5.13 Å². The van der Waals surface area contributed by atoms with E-state index in [0.717, 1.165) is 10.6 Å². The van der Waals surface area contributed by atoms with Gasteiger partial charge in [0.2, 0.25) is 11.0 Å². The smallest absolute Gasteiger partial charge is 0.317 e. The molecule has 2 aromatic rings. The Kier molecular flexibility index (Phi) is 5.86. The zero-order valence-electron chi connectivity index (χ0n) is 14.1. The summed E-state index contributed by atoms with van der Waals surface area (Å²) in [7, 11) is 3.25. The number of carbonyl (C=O) groups excluding carboxylic acids is 2. The highest BCUT2D eigenvalue weighted by atomic mass is 32.1. The number of carbonyl (C=O) groups is 2. The Morgan fingerprint density at radius 2 is 1.79 bits per heavy atom. The first-order chi connectivity index (χ1) is 11.4. The Morgan fingerprint density at radius 1 is 1.12 bits per heavy atom. The molecule has 0 fully saturated rings. The van der Waals surface area contributed by atoms with Crippen LogP contribution in [-0.2, 0) is 4.79 Å². The molecule has 0 saturated heterocycles. The molecular weight excluding hydrogens is 326 g/mol. The third kappa shape index (κ3) is 4.51. The topological polar surface area (TPSA) is 87.2 Å². The van der Waals surface area contributed by atoms with E-state index in [1.807, 2.05) is 44.2 Å². The average molecular weight is 347 g/mol. The predicted molar refractivity (Wildman–Crippen MR) is 94.8 cm³/mol. The van der Waals surface area contributed by atoms with E-state index in [-0.39, 0.29) is 17.9 Å². The first-order valence-electron chi connectivity index (χ1n) is 7.56. The Morgan fingerprint density at radius 3 is 2.38 bits per heavy atom. The number of anilines is 1. The number of benzene rings is 1. The molecule has 3 amide bonds. The summed E-state index contributed by atoms with van der Waals surface area (Å²) in [5, 5.41) is 14.7. The van der Waals surface area contributed by atoms with Crippen molar-refractivity contribution in [1.82, 2.24) is 20.4 Å². The predicted octanol–water partition coefficient (Wildman–Crippen LogP) is 2.44. The van der Waals surface area contributed by atoms with Crippen LogP contribution in [0.4, 0.5) is 9.93 Å². The molecule has 0 radical (unpaired) electrons. The average Bonchev–Trinajstić information content (AvgIpc) is 3.01. The molecule has 1 heterocycles. The number of aromatic nitrogens is 2. The minimum atomic E-state index is -0.649. The van der Waals surface area contributed by atoms with Gasteiger partial charge in [-0.05, 0) is 5.92 Å². The van der Waals surface area contributed by atoms with E-state index < -0.39 is 6.04 Å². The number of nitrogens with one attached hydrogen (secondary N) is 2. The standard InChI is InChI=1S/C16H21N5O2S/c1-10(2)12(17-16(23)21(3)4)13(22)18-15-20-19-14(24-15)11-8-6-5-7-9-11/h5-10,12H,1-4H3,(H,17,23)(H,18,20,22). The van der Waals surface area contributed by atoms with Gasteiger partial charge >= 0.3 is 6.03 Å². The number of rotatable bonds is 5. The number of urea groups is 1. The lowest BCUT2D eigenvalue weighted by Gasteiger charge is -2.23. The zero-order chi connectivity index (χ0) is 17.7. The third-order valence-corrected chi connectivity index (χ3v) is 4.20. The van der Waals surface area contributed by atoms with Crippen molar-refractivity contribution < 1.29 is 9.59 Å². The fraction of sp³-hybridized carbons (Fsp3) is 0.375. The summed E-state index contributed by atoms with van der Waals surface area (Å²) in [6.07, 6.45) is 0. The summed E-state index contributed by atoms with van der Waals surface area (Å²) in [6.45, 7) is 3.74. The summed E-state index contributed by atoms with van der Waals surface area (Å²) in [4.78, 5) is 25.7. The van der Waals surface area contributed by atoms with Crippen LogP contribution >= 0.6 is 11.3 Å². The first kappa shape index (κ1) is 17.9. The molecule has 1 atom stereocenters. The monoisotopic (exact) mass is 347 g/mol. The van der Waals surface area contributed by atoms with Gasteiger partial charge in [-0.25, -0.2) is 4.79 Å². The minimum Gasteiger partial charge on any atom is -0.331 e. The summed E-state index contributed by atoms with van der Waals surface area (Å²) in [6, 6.07) is 8.66. The Bertz CT molecular complexity index is 700. The number of nitrogens with zero attached hydrogens (tertiary/aromatic N) is 3. The van der Waals surface area contributed by atoms with E-state index >= 15 is 0 Å². The fourth-order valence-corrected chi connectivity index (χ4v) is 2.70. The van der Waals surface area contributed by atoms with Crippen LogP contribution < -0.4 is 10.6 Å². The Hall–Kier alpha value is -2.48. The van der Waals surface area contributed by atoms with E-state index in [4.69, 9.17) is 0 Å². The highest BCUT2D eigenvalue weighted by Gasteiger charge is 2.25. The van der Waals surface area contributed by atoms with Gasteiger partial charge in [0.1, 0.15) is 11.0 Å². The van der Waals surface area contributed by atoms with Crippen molar-refractivity contribution in [3.63, 3.8) is 0 Å². The normalized spacial score (nSPS) is 11.9. The maximum absolute atomic E-state index is 12.5. The first-order valence-corrected chi connectivity index (χ1v) is 8.37. The van der Waals surface area contributed by atoms with Gasteiger partial charge in [-0.15, -0.1) is 10.2 Å². The second-order valence-corrected chi connectivity index (χ2v) is 6.81. The van der Waals surface area contributed by atoms with Crippen LogP contribution in [0.15, 0.2) is 30.3 Å². The summed E-state index contributed by atoms with van der Waals surface area (Å²) in [5.41, 5.74) is 0.941. The van der Waals surface area contributed by atoms with Gasteiger partial charge in [-0.2, -0.15) is 0 Å². The van der Waals surface area contributed by atoms with Gasteiger partial charge in [-0.3, -0.25) is 10.1 Å². The molecule has 0 saturated carbocycles. The maximum Gasteiger partial charge on any atom is 0.317 e. The molecule has 0 aliphatic rings. The molecule has 0 bridgehead atoms. The van der Waals surface area contributed by atoms with Gasteiger partial charge < -0.3 is 10.2 Å². The largest absolute Gasteiger partial charge is 0.331 e. The molecule has 1 aromatic carbocycles. The summed E-state index contributed by atoms with van der Waals surface area (Å²) >= 11 is 1.29. The minimum absolute atomic E-state index is 0.0598. The lowest BCUT2D eigenvalue weighted by molar-refractivity contribution is -0.118. The second-order valence-electron chi connectivity index (χ2n) is 5.83. The number of hydrogen-bond donors (Lipinski definition) is 2. The maximum atomic E-state index is 12.5. The molecule has 7 nitrogen and oxygen atoms in total. The third-order valence-electron chi connectivity index (χ3n) is 3.31. The van der Waals surface area contributed by atoms with Crippen LogP contribution in [0.25, 0.3) is 10.6 Å². The molecule has 2 rings (SSSR count). The lowest BCUT2D eigenvalue weighted by Crippen LogP contribution is -2.50. The van der Waals surface area contributed by atoms with Gasteiger partial charge in [0, 0.05) is 19.7 Å². The van der Waals surface area contributed by atoms with Gasteiger partial charge in [0.25, 0.3) is 0 Å². The van der Waals surface area contributed by atoms with Crippen LogP contribution in [0.2, 0.25) is 0 Å². The van der Waals surface area contributed by atoms with Crippen LogP contribution in [0, 0.1) is 5.92 Å². The van der Waals surface area contributed by atoms with Crippen LogP contribution in [0.3, 0.4) is 0 Å². The van der Waals surface area contributed by atoms with Crippen molar-refractivity contribution in [2.45, 2.75) is 19.9 Å². The van der Waals surface area contributed by atoms with Crippen LogP contribution in [-0.4, -0.2) is 47.2 Å². The molecule has 0 aliphatic heterocycles. The van der Waals surface area contributed by atoms with Crippen molar-refractivity contribution >= 4 is 28.4 Å². The summed E-state index contributed by atoms with van der Waals surface area (Å²) in [5.74, 6) is -0.369. The molecule has 1 aromatic heterocycles. The molecule has 24 heavy (non-hydrogen) atoms. The molecule has 2 N–H and O–H groups in total. The highest BCUT2D eigenvalue weighted by Crippen LogP contribution is 2.26. The van der Waals surface area contributed by atoms with Gasteiger partial charge in [0.05, 0.1) is 0 Å². The van der Waals surface area contributed by atoms with Crippen molar-refractivity contribution in [3.05, 3.63) is 30.3 Å². The summed E-state index contributed by atoms with van der Waals surface area (Å²) < 4.78 is 0. The van der Waals surface area contributed by atoms with Crippen LogP contribution in [0.1, 0.15) is 13.8 Å². The number of amides is 3. The quantitative estimate of drug-likeness (QED) is 0.870. The molecule has 1 unspecified atom stereocenters. The molecule has 8 heteroatoms. The zero-order valence-corrected chi connectivity index (χ0v) is 14.9.